The number of aryl methyl sites for hydroxylation is 1. The highest BCUT2D eigenvalue weighted by atomic mass is 16.5. The van der Waals surface area contributed by atoms with Gasteiger partial charge in [0.15, 0.2) is 0 Å². The molecular weight excluding hydrogens is 212 g/mol. The van der Waals surface area contributed by atoms with E-state index in [4.69, 9.17) is 4.74 Å². The minimum atomic E-state index is -0.0564. The second-order valence-corrected chi connectivity index (χ2v) is 5.15. The molecule has 1 aromatic carbocycles. The van der Waals surface area contributed by atoms with Gasteiger partial charge in [-0.2, -0.15) is 5.26 Å². The second kappa shape index (κ2) is 4.38. The van der Waals surface area contributed by atoms with E-state index in [9.17, 15) is 5.26 Å². The van der Waals surface area contributed by atoms with Crippen molar-refractivity contribution >= 4 is 5.69 Å². The maximum absolute atomic E-state index is 9.24. The summed E-state index contributed by atoms with van der Waals surface area (Å²) >= 11 is 0. The van der Waals surface area contributed by atoms with Crippen LogP contribution in [0.3, 0.4) is 0 Å². The smallest absolute Gasteiger partial charge is 0.101 e. The summed E-state index contributed by atoms with van der Waals surface area (Å²) in [6.45, 7) is 8.56. The molecule has 0 saturated carbocycles. The van der Waals surface area contributed by atoms with Gasteiger partial charge in [-0.15, -0.1) is 0 Å². The van der Waals surface area contributed by atoms with Crippen molar-refractivity contribution in [2.45, 2.75) is 26.3 Å². The number of morpholine rings is 1. The van der Waals surface area contributed by atoms with Gasteiger partial charge in [0.05, 0.1) is 30.0 Å². The summed E-state index contributed by atoms with van der Waals surface area (Å²) in [6.07, 6.45) is 0. The standard InChI is InChI=1S/C14H18N2O/c1-11-4-5-13(12(8-11)9-15)16-6-7-17-10-14(16,2)3/h4-5,8H,6-7,10H2,1-3H3. The van der Waals surface area contributed by atoms with Gasteiger partial charge in [0.25, 0.3) is 0 Å². The van der Waals surface area contributed by atoms with Crippen LogP contribution in [0.5, 0.6) is 0 Å². The minimum absolute atomic E-state index is 0.0564. The number of hydrogen-bond donors (Lipinski definition) is 0. The van der Waals surface area contributed by atoms with Crippen LogP contribution in [0.1, 0.15) is 25.0 Å². The van der Waals surface area contributed by atoms with Gasteiger partial charge in [-0.25, -0.2) is 0 Å². The number of hydrogen-bond acceptors (Lipinski definition) is 3. The van der Waals surface area contributed by atoms with Crippen molar-refractivity contribution in [2.24, 2.45) is 0 Å². The van der Waals surface area contributed by atoms with E-state index in [1.165, 1.54) is 0 Å². The maximum atomic E-state index is 9.24. The topological polar surface area (TPSA) is 36.3 Å². The Bertz CT molecular complexity index is 460. The van der Waals surface area contributed by atoms with Crippen LogP contribution in [-0.2, 0) is 4.74 Å². The van der Waals surface area contributed by atoms with Gasteiger partial charge in [0, 0.05) is 6.54 Å². The summed E-state index contributed by atoms with van der Waals surface area (Å²) in [5, 5.41) is 9.24. The molecule has 0 spiro atoms. The third-order valence-electron chi connectivity index (χ3n) is 3.21. The van der Waals surface area contributed by atoms with Gasteiger partial charge >= 0.3 is 0 Å². The molecule has 3 heteroatoms. The summed E-state index contributed by atoms with van der Waals surface area (Å²) in [6, 6.07) is 8.33. The third kappa shape index (κ3) is 2.27. The molecule has 17 heavy (non-hydrogen) atoms. The van der Waals surface area contributed by atoms with Crippen molar-refractivity contribution in [2.75, 3.05) is 24.7 Å². The molecule has 0 atom stereocenters. The van der Waals surface area contributed by atoms with E-state index in [-0.39, 0.29) is 5.54 Å². The Morgan fingerprint density at radius 3 is 2.82 bits per heavy atom. The van der Waals surface area contributed by atoms with E-state index in [1.54, 1.807) is 0 Å². The lowest BCUT2D eigenvalue weighted by Crippen LogP contribution is -2.53. The van der Waals surface area contributed by atoms with Crippen molar-refractivity contribution < 1.29 is 4.74 Å². The minimum Gasteiger partial charge on any atom is -0.377 e. The number of anilines is 1. The third-order valence-corrected chi connectivity index (χ3v) is 3.21. The quantitative estimate of drug-likeness (QED) is 0.743. The average molecular weight is 230 g/mol. The first kappa shape index (κ1) is 11.9. The fourth-order valence-electron chi connectivity index (χ4n) is 2.28. The lowest BCUT2D eigenvalue weighted by molar-refractivity contribution is 0.0644. The van der Waals surface area contributed by atoms with Crippen molar-refractivity contribution in [1.29, 1.82) is 5.26 Å². The molecule has 1 aliphatic rings. The van der Waals surface area contributed by atoms with Crippen LogP contribution in [0.4, 0.5) is 5.69 Å². The molecule has 1 aliphatic heterocycles. The van der Waals surface area contributed by atoms with E-state index in [1.807, 2.05) is 19.1 Å². The molecule has 0 aliphatic carbocycles. The molecule has 90 valence electrons. The zero-order valence-corrected chi connectivity index (χ0v) is 10.7. The van der Waals surface area contributed by atoms with Crippen LogP contribution in [0.15, 0.2) is 18.2 Å². The zero-order valence-electron chi connectivity index (χ0n) is 10.7. The predicted octanol–water partition coefficient (Wildman–Crippen LogP) is 2.48. The molecular formula is C14H18N2O. The van der Waals surface area contributed by atoms with Crippen molar-refractivity contribution in [3.8, 4) is 6.07 Å². The Kier molecular flexibility index (Phi) is 3.08. The summed E-state index contributed by atoms with van der Waals surface area (Å²) in [4.78, 5) is 2.27. The van der Waals surface area contributed by atoms with Gasteiger partial charge in [-0.05, 0) is 38.5 Å². The van der Waals surface area contributed by atoms with E-state index >= 15 is 0 Å². The molecule has 1 heterocycles. The second-order valence-electron chi connectivity index (χ2n) is 5.15. The van der Waals surface area contributed by atoms with Crippen molar-refractivity contribution in [1.82, 2.24) is 0 Å². The zero-order chi connectivity index (χ0) is 12.5. The molecule has 0 bridgehead atoms. The highest BCUT2D eigenvalue weighted by molar-refractivity contribution is 5.62. The Balaban J connectivity index is 2.42. The fraction of sp³-hybridized carbons (Fsp3) is 0.500. The van der Waals surface area contributed by atoms with Gasteiger partial charge in [-0.3, -0.25) is 0 Å². The normalized spacial score (nSPS) is 18.8. The largest absolute Gasteiger partial charge is 0.377 e. The Labute approximate surface area is 103 Å². The van der Waals surface area contributed by atoms with Crippen LogP contribution in [0.2, 0.25) is 0 Å². The van der Waals surface area contributed by atoms with E-state index in [0.717, 1.165) is 30.0 Å². The average Bonchev–Trinajstić information content (AvgIpc) is 2.29. The van der Waals surface area contributed by atoms with Gasteiger partial charge in [0.1, 0.15) is 6.07 Å². The highest BCUT2D eigenvalue weighted by Gasteiger charge is 2.31. The van der Waals surface area contributed by atoms with Gasteiger partial charge in [-0.1, -0.05) is 6.07 Å². The lowest BCUT2D eigenvalue weighted by atomic mass is 9.99. The van der Waals surface area contributed by atoms with E-state index in [2.05, 4.69) is 30.9 Å². The van der Waals surface area contributed by atoms with Crippen LogP contribution in [0, 0.1) is 18.3 Å². The number of benzene rings is 1. The predicted molar refractivity (Wildman–Crippen MR) is 68.1 cm³/mol. The lowest BCUT2D eigenvalue weighted by Gasteiger charge is -2.44. The van der Waals surface area contributed by atoms with Crippen molar-refractivity contribution in [3.63, 3.8) is 0 Å². The van der Waals surface area contributed by atoms with Crippen molar-refractivity contribution in [3.05, 3.63) is 29.3 Å². The molecule has 0 unspecified atom stereocenters. The van der Waals surface area contributed by atoms with Crippen LogP contribution >= 0.6 is 0 Å². The molecule has 0 aromatic heterocycles. The SMILES string of the molecule is Cc1ccc(N2CCOCC2(C)C)c(C#N)c1. The number of ether oxygens (including phenoxy) is 1. The Hall–Kier alpha value is -1.53. The highest BCUT2D eigenvalue weighted by Crippen LogP contribution is 2.30. The number of nitrogens with zero attached hydrogens (tertiary/aromatic N) is 2. The first-order valence-electron chi connectivity index (χ1n) is 5.91. The molecule has 1 saturated heterocycles. The Morgan fingerprint density at radius 2 is 2.18 bits per heavy atom. The molecule has 0 amide bonds. The summed E-state index contributed by atoms with van der Waals surface area (Å²) in [7, 11) is 0. The van der Waals surface area contributed by atoms with Gasteiger partial charge < -0.3 is 9.64 Å². The first-order valence-corrected chi connectivity index (χ1v) is 5.91. The number of nitriles is 1. The van der Waals surface area contributed by atoms with Crippen LogP contribution < -0.4 is 4.90 Å². The van der Waals surface area contributed by atoms with Gasteiger partial charge in [0.2, 0.25) is 0 Å². The monoisotopic (exact) mass is 230 g/mol. The maximum Gasteiger partial charge on any atom is 0.101 e. The molecule has 1 fully saturated rings. The first-order chi connectivity index (χ1) is 8.04. The summed E-state index contributed by atoms with van der Waals surface area (Å²) in [5.74, 6) is 0. The molecule has 2 rings (SSSR count). The molecule has 0 N–H and O–H groups in total. The van der Waals surface area contributed by atoms with E-state index < -0.39 is 0 Å². The van der Waals surface area contributed by atoms with E-state index in [0.29, 0.717) is 6.61 Å². The molecule has 3 nitrogen and oxygen atoms in total. The molecule has 0 radical (unpaired) electrons. The number of rotatable bonds is 1. The molecule has 1 aromatic rings. The fourth-order valence-corrected chi connectivity index (χ4v) is 2.28. The summed E-state index contributed by atoms with van der Waals surface area (Å²) in [5.41, 5.74) is 2.83. The summed E-state index contributed by atoms with van der Waals surface area (Å²) < 4.78 is 5.51. The van der Waals surface area contributed by atoms with Crippen LogP contribution in [0.25, 0.3) is 0 Å². The van der Waals surface area contributed by atoms with Crippen LogP contribution in [-0.4, -0.2) is 25.3 Å². The Morgan fingerprint density at radius 1 is 1.41 bits per heavy atom.